The Morgan fingerprint density at radius 1 is 1.16 bits per heavy atom. The van der Waals surface area contributed by atoms with Crippen molar-refractivity contribution < 1.29 is 14.6 Å². The number of aliphatic hydroxyl groups is 1. The molecule has 0 saturated carbocycles. The quantitative estimate of drug-likeness (QED) is 0.782. The van der Waals surface area contributed by atoms with Crippen molar-refractivity contribution in [2.45, 2.75) is 25.7 Å². The first-order chi connectivity index (χ1) is 9.29. The van der Waals surface area contributed by atoms with E-state index in [9.17, 15) is 4.79 Å². The van der Waals surface area contributed by atoms with Crippen molar-refractivity contribution in [3.8, 4) is 0 Å². The first kappa shape index (κ1) is 14.8. The molecule has 2 saturated heterocycles. The SMILES string of the molecule is O=C(CCCO)N1CCC(CN2CCOCC2)CC1. The number of nitrogens with zero attached hydrogens (tertiary/aromatic N) is 2. The molecule has 5 heteroatoms. The molecule has 0 atom stereocenters. The van der Waals surface area contributed by atoms with Crippen molar-refractivity contribution in [3.63, 3.8) is 0 Å². The van der Waals surface area contributed by atoms with Crippen LogP contribution in [0.1, 0.15) is 25.7 Å². The highest BCUT2D eigenvalue weighted by atomic mass is 16.5. The molecule has 2 heterocycles. The smallest absolute Gasteiger partial charge is 0.222 e. The molecular formula is C14H26N2O3. The second kappa shape index (κ2) is 7.82. The van der Waals surface area contributed by atoms with Crippen LogP contribution in [0.3, 0.4) is 0 Å². The molecule has 1 amide bonds. The molecule has 0 radical (unpaired) electrons. The van der Waals surface area contributed by atoms with Crippen LogP contribution < -0.4 is 0 Å². The fraction of sp³-hybridized carbons (Fsp3) is 0.929. The normalized spacial score (nSPS) is 22.7. The fourth-order valence-corrected chi connectivity index (χ4v) is 2.90. The molecule has 0 aromatic carbocycles. The fourth-order valence-electron chi connectivity index (χ4n) is 2.90. The molecule has 5 nitrogen and oxygen atoms in total. The molecule has 0 aromatic rings. The summed E-state index contributed by atoms with van der Waals surface area (Å²) in [5.41, 5.74) is 0. The van der Waals surface area contributed by atoms with Crippen LogP contribution in [0.25, 0.3) is 0 Å². The average Bonchev–Trinajstić information content (AvgIpc) is 2.46. The molecule has 0 aliphatic carbocycles. The summed E-state index contributed by atoms with van der Waals surface area (Å²) in [6.07, 6.45) is 3.31. The number of hydrogen-bond donors (Lipinski definition) is 1. The molecule has 2 aliphatic heterocycles. The van der Waals surface area contributed by atoms with Crippen LogP contribution >= 0.6 is 0 Å². The van der Waals surface area contributed by atoms with E-state index in [2.05, 4.69) is 4.90 Å². The molecule has 2 rings (SSSR count). The topological polar surface area (TPSA) is 53.0 Å². The van der Waals surface area contributed by atoms with Gasteiger partial charge in [-0.2, -0.15) is 0 Å². The highest BCUT2D eigenvalue weighted by Gasteiger charge is 2.24. The summed E-state index contributed by atoms with van der Waals surface area (Å²) < 4.78 is 5.36. The number of hydrogen-bond acceptors (Lipinski definition) is 4. The molecule has 0 unspecified atom stereocenters. The third-order valence-corrected chi connectivity index (χ3v) is 4.14. The zero-order valence-corrected chi connectivity index (χ0v) is 11.7. The maximum atomic E-state index is 11.8. The summed E-state index contributed by atoms with van der Waals surface area (Å²) >= 11 is 0. The summed E-state index contributed by atoms with van der Waals surface area (Å²) in [6.45, 7) is 6.86. The Morgan fingerprint density at radius 2 is 1.84 bits per heavy atom. The van der Waals surface area contributed by atoms with Gasteiger partial charge in [0.05, 0.1) is 13.2 Å². The van der Waals surface area contributed by atoms with Crippen LogP contribution in [-0.4, -0.2) is 73.4 Å². The van der Waals surface area contributed by atoms with Crippen LogP contribution in [0, 0.1) is 5.92 Å². The predicted molar refractivity (Wildman–Crippen MR) is 72.9 cm³/mol. The number of rotatable bonds is 5. The Bertz CT molecular complexity index is 272. The van der Waals surface area contributed by atoms with Gasteiger partial charge in [-0.15, -0.1) is 0 Å². The second-order valence-electron chi connectivity index (χ2n) is 5.56. The number of morpholine rings is 1. The van der Waals surface area contributed by atoms with E-state index >= 15 is 0 Å². The van der Waals surface area contributed by atoms with Crippen LogP contribution in [0.4, 0.5) is 0 Å². The van der Waals surface area contributed by atoms with Gasteiger partial charge in [0.15, 0.2) is 0 Å². The Balaban J connectivity index is 1.65. The lowest BCUT2D eigenvalue weighted by atomic mass is 9.95. The average molecular weight is 270 g/mol. The van der Waals surface area contributed by atoms with E-state index in [1.165, 1.54) is 0 Å². The Kier molecular flexibility index (Phi) is 6.07. The number of carbonyl (C=O) groups is 1. The number of likely N-dealkylation sites (tertiary alicyclic amines) is 1. The third-order valence-electron chi connectivity index (χ3n) is 4.14. The van der Waals surface area contributed by atoms with Gasteiger partial charge in [-0.3, -0.25) is 9.69 Å². The number of amides is 1. The molecular weight excluding hydrogens is 244 g/mol. The van der Waals surface area contributed by atoms with Crippen molar-refractivity contribution in [1.82, 2.24) is 9.80 Å². The predicted octanol–water partition coefficient (Wildman–Crippen LogP) is 0.330. The summed E-state index contributed by atoms with van der Waals surface area (Å²) in [5, 5.41) is 8.75. The number of ether oxygens (including phenoxy) is 1. The van der Waals surface area contributed by atoms with Gasteiger partial charge in [0.25, 0.3) is 0 Å². The van der Waals surface area contributed by atoms with Gasteiger partial charge < -0.3 is 14.7 Å². The number of aliphatic hydroxyl groups excluding tert-OH is 1. The number of piperidine rings is 1. The summed E-state index contributed by atoms with van der Waals surface area (Å²) in [5.74, 6) is 0.930. The monoisotopic (exact) mass is 270 g/mol. The van der Waals surface area contributed by atoms with E-state index in [1.54, 1.807) is 0 Å². The first-order valence-corrected chi connectivity index (χ1v) is 7.48. The van der Waals surface area contributed by atoms with Gasteiger partial charge >= 0.3 is 0 Å². The van der Waals surface area contributed by atoms with E-state index in [-0.39, 0.29) is 12.5 Å². The molecule has 0 aromatic heterocycles. The minimum Gasteiger partial charge on any atom is -0.396 e. The lowest BCUT2D eigenvalue weighted by Crippen LogP contribution is -2.44. The van der Waals surface area contributed by atoms with Crippen molar-refractivity contribution in [2.75, 3.05) is 52.5 Å². The van der Waals surface area contributed by atoms with Crippen LogP contribution in [0.2, 0.25) is 0 Å². The standard InChI is InChI=1S/C14H26N2O3/c17-9-1-2-14(18)16-5-3-13(4-6-16)12-15-7-10-19-11-8-15/h13,17H,1-12H2. The van der Waals surface area contributed by atoms with Crippen molar-refractivity contribution in [1.29, 1.82) is 0 Å². The van der Waals surface area contributed by atoms with Gasteiger partial charge in [0.1, 0.15) is 0 Å². The van der Waals surface area contributed by atoms with Crippen LogP contribution in [0.15, 0.2) is 0 Å². The lowest BCUT2D eigenvalue weighted by Gasteiger charge is -2.36. The van der Waals surface area contributed by atoms with Gasteiger partial charge in [0.2, 0.25) is 5.91 Å². The molecule has 2 aliphatic rings. The lowest BCUT2D eigenvalue weighted by molar-refractivity contribution is -0.133. The number of carbonyl (C=O) groups excluding carboxylic acids is 1. The highest BCUT2D eigenvalue weighted by molar-refractivity contribution is 5.76. The van der Waals surface area contributed by atoms with E-state index in [4.69, 9.17) is 9.84 Å². The highest BCUT2D eigenvalue weighted by Crippen LogP contribution is 2.19. The second-order valence-corrected chi connectivity index (χ2v) is 5.56. The van der Waals surface area contributed by atoms with E-state index < -0.39 is 0 Å². The van der Waals surface area contributed by atoms with Crippen molar-refractivity contribution >= 4 is 5.91 Å². The Morgan fingerprint density at radius 3 is 2.47 bits per heavy atom. The van der Waals surface area contributed by atoms with Crippen LogP contribution in [0.5, 0.6) is 0 Å². The van der Waals surface area contributed by atoms with Crippen LogP contribution in [-0.2, 0) is 9.53 Å². The van der Waals surface area contributed by atoms with E-state index in [0.29, 0.717) is 12.8 Å². The minimum atomic E-state index is 0.110. The summed E-state index contributed by atoms with van der Waals surface area (Å²) in [4.78, 5) is 16.3. The van der Waals surface area contributed by atoms with Crippen molar-refractivity contribution in [3.05, 3.63) is 0 Å². The summed E-state index contributed by atoms with van der Waals surface area (Å²) in [7, 11) is 0. The van der Waals surface area contributed by atoms with Gasteiger partial charge in [-0.1, -0.05) is 0 Å². The third kappa shape index (κ3) is 4.75. The molecule has 19 heavy (non-hydrogen) atoms. The molecule has 110 valence electrons. The zero-order chi connectivity index (χ0) is 13.5. The molecule has 2 fully saturated rings. The maximum absolute atomic E-state index is 11.8. The van der Waals surface area contributed by atoms with Gasteiger partial charge in [-0.05, 0) is 25.2 Å². The van der Waals surface area contributed by atoms with E-state index in [0.717, 1.165) is 64.7 Å². The minimum absolute atomic E-state index is 0.110. The van der Waals surface area contributed by atoms with Gasteiger partial charge in [0, 0.05) is 45.8 Å². The largest absolute Gasteiger partial charge is 0.396 e. The molecule has 0 bridgehead atoms. The molecule has 0 spiro atoms. The van der Waals surface area contributed by atoms with Crippen molar-refractivity contribution in [2.24, 2.45) is 5.92 Å². The molecule has 1 N–H and O–H groups in total. The first-order valence-electron chi connectivity index (χ1n) is 7.48. The Hall–Kier alpha value is -0.650. The van der Waals surface area contributed by atoms with E-state index in [1.807, 2.05) is 4.90 Å². The zero-order valence-electron chi connectivity index (χ0n) is 11.7. The maximum Gasteiger partial charge on any atom is 0.222 e. The summed E-state index contributed by atoms with van der Waals surface area (Å²) in [6, 6.07) is 0. The van der Waals surface area contributed by atoms with Gasteiger partial charge in [-0.25, -0.2) is 0 Å². The Labute approximate surface area is 115 Å².